The molecule has 1 heterocycles. The monoisotopic (exact) mass is 329 g/mol. The highest BCUT2D eigenvalue weighted by atomic mass is 35.5. The van der Waals surface area contributed by atoms with Crippen LogP contribution in [0, 0.1) is 5.41 Å². The van der Waals surface area contributed by atoms with Crippen molar-refractivity contribution in [3.05, 3.63) is 33.8 Å². The average Bonchev–Trinajstić information content (AvgIpc) is 2.73. The average molecular weight is 330 g/mol. The van der Waals surface area contributed by atoms with Gasteiger partial charge in [0.2, 0.25) is 0 Å². The predicted octanol–water partition coefficient (Wildman–Crippen LogP) is 4.72. The standard InChI is InChI=1S/C17H25Cl2NO/c1-12-17(7-8-21-12,11-20-16(2,3)4)10-13-9-14(18)5-6-15(13)19/h5-6,9,12,20H,7-8,10-11H2,1-4H3. The maximum Gasteiger partial charge on any atom is 0.0619 e. The van der Waals surface area contributed by atoms with Crippen molar-refractivity contribution in [3.63, 3.8) is 0 Å². The van der Waals surface area contributed by atoms with Crippen molar-refractivity contribution in [3.8, 4) is 0 Å². The molecule has 2 unspecified atom stereocenters. The number of hydrogen-bond acceptors (Lipinski definition) is 2. The highest BCUT2D eigenvalue weighted by Crippen LogP contribution is 2.40. The second kappa shape index (κ2) is 6.45. The fraction of sp³-hybridized carbons (Fsp3) is 0.647. The second-order valence-corrected chi connectivity index (χ2v) is 7.99. The minimum Gasteiger partial charge on any atom is -0.378 e. The number of nitrogens with one attached hydrogen (secondary N) is 1. The zero-order chi connectivity index (χ0) is 15.7. The van der Waals surface area contributed by atoms with Gasteiger partial charge in [-0.3, -0.25) is 0 Å². The van der Waals surface area contributed by atoms with Gasteiger partial charge < -0.3 is 10.1 Å². The van der Waals surface area contributed by atoms with Crippen molar-refractivity contribution < 1.29 is 4.74 Å². The van der Waals surface area contributed by atoms with E-state index in [-0.39, 0.29) is 17.1 Å². The summed E-state index contributed by atoms with van der Waals surface area (Å²) in [5, 5.41) is 5.16. The molecule has 1 N–H and O–H groups in total. The van der Waals surface area contributed by atoms with Gasteiger partial charge in [0.25, 0.3) is 0 Å². The van der Waals surface area contributed by atoms with E-state index in [0.29, 0.717) is 0 Å². The molecule has 0 bridgehead atoms. The topological polar surface area (TPSA) is 21.3 Å². The Morgan fingerprint density at radius 1 is 1.33 bits per heavy atom. The van der Waals surface area contributed by atoms with Crippen LogP contribution in [0.3, 0.4) is 0 Å². The minimum absolute atomic E-state index is 0.0710. The third-order valence-electron chi connectivity index (χ3n) is 4.35. The van der Waals surface area contributed by atoms with Gasteiger partial charge in [0.15, 0.2) is 0 Å². The molecule has 2 rings (SSSR count). The van der Waals surface area contributed by atoms with Crippen LogP contribution in [0.5, 0.6) is 0 Å². The molecule has 0 amide bonds. The Bertz CT molecular complexity index is 498. The molecule has 1 aromatic rings. The number of halogens is 2. The van der Waals surface area contributed by atoms with E-state index in [2.05, 4.69) is 33.0 Å². The van der Waals surface area contributed by atoms with Gasteiger partial charge in [0.05, 0.1) is 6.10 Å². The van der Waals surface area contributed by atoms with Gasteiger partial charge in [-0.1, -0.05) is 23.2 Å². The third kappa shape index (κ3) is 4.35. The van der Waals surface area contributed by atoms with E-state index in [9.17, 15) is 0 Å². The summed E-state index contributed by atoms with van der Waals surface area (Å²) in [6, 6.07) is 5.69. The van der Waals surface area contributed by atoms with Gasteiger partial charge >= 0.3 is 0 Å². The normalized spacial score (nSPS) is 26.3. The SMILES string of the molecule is CC1OCCC1(CNC(C)(C)C)Cc1cc(Cl)ccc1Cl. The number of hydrogen-bond donors (Lipinski definition) is 1. The van der Waals surface area contributed by atoms with Crippen LogP contribution in [-0.4, -0.2) is 24.8 Å². The molecule has 118 valence electrons. The summed E-state index contributed by atoms with van der Waals surface area (Å²) in [6.45, 7) is 10.5. The van der Waals surface area contributed by atoms with E-state index >= 15 is 0 Å². The van der Waals surface area contributed by atoms with Crippen LogP contribution >= 0.6 is 23.2 Å². The van der Waals surface area contributed by atoms with Gasteiger partial charge in [0.1, 0.15) is 0 Å². The first kappa shape index (κ1) is 17.1. The van der Waals surface area contributed by atoms with Crippen LogP contribution in [0.2, 0.25) is 10.0 Å². The summed E-state index contributed by atoms with van der Waals surface area (Å²) in [4.78, 5) is 0. The van der Waals surface area contributed by atoms with Crippen molar-refractivity contribution in [1.29, 1.82) is 0 Å². The fourth-order valence-corrected chi connectivity index (χ4v) is 3.22. The Morgan fingerprint density at radius 2 is 2.05 bits per heavy atom. The number of benzene rings is 1. The molecule has 21 heavy (non-hydrogen) atoms. The summed E-state index contributed by atoms with van der Waals surface area (Å²) in [6.07, 6.45) is 2.14. The molecule has 1 saturated heterocycles. The summed E-state index contributed by atoms with van der Waals surface area (Å²) in [7, 11) is 0. The molecule has 0 radical (unpaired) electrons. The second-order valence-electron chi connectivity index (χ2n) is 7.14. The Morgan fingerprint density at radius 3 is 2.62 bits per heavy atom. The van der Waals surface area contributed by atoms with Crippen molar-refractivity contribution in [1.82, 2.24) is 5.32 Å². The largest absolute Gasteiger partial charge is 0.378 e. The lowest BCUT2D eigenvalue weighted by molar-refractivity contribution is 0.0598. The summed E-state index contributed by atoms with van der Waals surface area (Å²) in [5.74, 6) is 0. The molecule has 1 aromatic carbocycles. The van der Waals surface area contributed by atoms with Crippen LogP contribution in [0.4, 0.5) is 0 Å². The molecule has 1 fully saturated rings. The first-order chi connectivity index (χ1) is 9.72. The molecule has 1 aliphatic heterocycles. The lowest BCUT2D eigenvalue weighted by Crippen LogP contribution is -2.47. The quantitative estimate of drug-likeness (QED) is 0.862. The van der Waals surface area contributed by atoms with E-state index in [4.69, 9.17) is 27.9 Å². The molecule has 0 aromatic heterocycles. The van der Waals surface area contributed by atoms with Crippen LogP contribution < -0.4 is 5.32 Å². The summed E-state index contributed by atoms with van der Waals surface area (Å²) < 4.78 is 5.86. The molecule has 1 aliphatic rings. The fourth-order valence-electron chi connectivity index (χ4n) is 2.85. The molecular formula is C17H25Cl2NO. The highest BCUT2D eigenvalue weighted by Gasteiger charge is 2.42. The van der Waals surface area contributed by atoms with Crippen LogP contribution in [-0.2, 0) is 11.2 Å². The first-order valence-corrected chi connectivity index (χ1v) is 8.28. The van der Waals surface area contributed by atoms with Gasteiger partial charge in [-0.25, -0.2) is 0 Å². The molecule has 2 atom stereocenters. The van der Waals surface area contributed by atoms with Gasteiger partial charge in [0, 0.05) is 34.2 Å². The first-order valence-electron chi connectivity index (χ1n) is 7.52. The number of ether oxygens (including phenoxy) is 1. The Kier molecular flexibility index (Phi) is 5.25. The van der Waals surface area contributed by atoms with Crippen LogP contribution in [0.1, 0.15) is 39.7 Å². The maximum atomic E-state index is 6.35. The lowest BCUT2D eigenvalue weighted by atomic mass is 9.75. The number of rotatable bonds is 4. The van der Waals surface area contributed by atoms with Crippen LogP contribution in [0.25, 0.3) is 0 Å². The van der Waals surface area contributed by atoms with E-state index in [1.165, 1.54) is 0 Å². The Balaban J connectivity index is 2.22. The molecule has 4 heteroatoms. The van der Waals surface area contributed by atoms with E-state index in [1.807, 2.05) is 18.2 Å². The highest BCUT2D eigenvalue weighted by molar-refractivity contribution is 6.33. The predicted molar refractivity (Wildman–Crippen MR) is 90.4 cm³/mol. The molecule has 2 nitrogen and oxygen atoms in total. The summed E-state index contributed by atoms with van der Waals surface area (Å²) in [5.41, 5.74) is 1.27. The smallest absolute Gasteiger partial charge is 0.0619 e. The minimum atomic E-state index is 0.0710. The van der Waals surface area contributed by atoms with Crippen molar-refractivity contribution in [2.24, 2.45) is 5.41 Å². The maximum absolute atomic E-state index is 6.35. The molecule has 0 spiro atoms. The molecular weight excluding hydrogens is 305 g/mol. The Labute approximate surface area is 138 Å². The van der Waals surface area contributed by atoms with Gasteiger partial charge in [-0.05, 0) is 64.3 Å². The van der Waals surface area contributed by atoms with E-state index in [1.54, 1.807) is 0 Å². The third-order valence-corrected chi connectivity index (χ3v) is 4.96. The Hall–Kier alpha value is -0.280. The molecule has 0 aliphatic carbocycles. The summed E-state index contributed by atoms with van der Waals surface area (Å²) >= 11 is 12.5. The van der Waals surface area contributed by atoms with E-state index in [0.717, 1.165) is 41.6 Å². The van der Waals surface area contributed by atoms with Gasteiger partial charge in [-0.2, -0.15) is 0 Å². The zero-order valence-electron chi connectivity index (χ0n) is 13.3. The van der Waals surface area contributed by atoms with Crippen molar-refractivity contribution >= 4 is 23.2 Å². The van der Waals surface area contributed by atoms with Gasteiger partial charge in [-0.15, -0.1) is 0 Å². The van der Waals surface area contributed by atoms with Crippen molar-refractivity contribution in [2.75, 3.05) is 13.2 Å². The van der Waals surface area contributed by atoms with E-state index < -0.39 is 0 Å². The van der Waals surface area contributed by atoms with Crippen molar-refractivity contribution in [2.45, 2.75) is 52.2 Å². The lowest BCUT2D eigenvalue weighted by Gasteiger charge is -2.36. The van der Waals surface area contributed by atoms with Crippen LogP contribution in [0.15, 0.2) is 18.2 Å². The molecule has 0 saturated carbocycles. The zero-order valence-corrected chi connectivity index (χ0v) is 14.8.